The average Bonchev–Trinajstić information content (AvgIpc) is 3.11. The lowest BCUT2D eigenvalue weighted by atomic mass is 9.94. The Balaban J connectivity index is 2.21. The summed E-state index contributed by atoms with van der Waals surface area (Å²) in [6, 6.07) is 1.62. The Labute approximate surface area is 107 Å². The monoisotopic (exact) mass is 301 g/mol. The first kappa shape index (κ1) is 11.3. The lowest BCUT2D eigenvalue weighted by molar-refractivity contribution is 0.167. The minimum Gasteiger partial charge on any atom is -0.486 e. The van der Waals surface area contributed by atoms with Gasteiger partial charge in [0.15, 0.2) is 11.5 Å². The van der Waals surface area contributed by atoms with Crippen LogP contribution in [-0.4, -0.2) is 19.8 Å². The van der Waals surface area contributed by atoms with Gasteiger partial charge in [-0.15, -0.1) is 0 Å². The van der Waals surface area contributed by atoms with Gasteiger partial charge >= 0.3 is 0 Å². The molecule has 2 N–H and O–H groups in total. The predicted octanol–water partition coefficient (Wildman–Crippen LogP) is 2.35. The third-order valence-electron chi connectivity index (χ3n) is 3.50. The highest BCUT2D eigenvalue weighted by Gasteiger charge is 2.48. The van der Waals surface area contributed by atoms with Gasteiger partial charge in [-0.2, -0.15) is 0 Å². The molecule has 1 aliphatic carbocycles. The molecule has 1 saturated carbocycles. The van der Waals surface area contributed by atoms with Crippen LogP contribution in [0.3, 0.4) is 0 Å². The number of hydrogen-bond acceptors (Lipinski definition) is 3. The van der Waals surface area contributed by atoms with Gasteiger partial charge < -0.3 is 15.2 Å². The molecule has 92 valence electrons. The van der Waals surface area contributed by atoms with Crippen LogP contribution in [0.25, 0.3) is 0 Å². The molecule has 0 bridgehead atoms. The van der Waals surface area contributed by atoms with Crippen LogP contribution in [0.2, 0.25) is 0 Å². The minimum absolute atomic E-state index is 0.251. The molecule has 1 aromatic carbocycles. The number of hydrogen-bond donors (Lipinski definition) is 1. The van der Waals surface area contributed by atoms with E-state index in [1.54, 1.807) is 6.07 Å². The van der Waals surface area contributed by atoms with Crippen molar-refractivity contribution in [2.24, 2.45) is 5.73 Å². The lowest BCUT2D eigenvalue weighted by Crippen LogP contribution is -2.25. The summed E-state index contributed by atoms with van der Waals surface area (Å²) in [4.78, 5) is 0. The number of rotatable bonds is 2. The summed E-state index contributed by atoms with van der Waals surface area (Å²) < 4.78 is 25.8. The summed E-state index contributed by atoms with van der Waals surface area (Å²) in [5, 5.41) is 0. The van der Waals surface area contributed by atoms with E-state index in [0.717, 1.165) is 12.8 Å². The molecule has 0 saturated heterocycles. The molecule has 3 nitrogen and oxygen atoms in total. The summed E-state index contributed by atoms with van der Waals surface area (Å²) in [5.74, 6) is 0.886. The summed E-state index contributed by atoms with van der Waals surface area (Å²) in [5.41, 5.74) is 6.11. The predicted molar refractivity (Wildman–Crippen MR) is 65.1 cm³/mol. The molecular formula is C12H13BrFNO2. The fraction of sp³-hybridized carbons (Fsp3) is 0.500. The second kappa shape index (κ2) is 3.85. The smallest absolute Gasteiger partial charge is 0.168 e. The highest BCUT2D eigenvalue weighted by Crippen LogP contribution is 2.55. The van der Waals surface area contributed by atoms with E-state index in [1.807, 2.05) is 0 Å². The minimum atomic E-state index is -0.266. The zero-order chi connectivity index (χ0) is 12.0. The van der Waals surface area contributed by atoms with E-state index < -0.39 is 0 Å². The maximum Gasteiger partial charge on any atom is 0.168 e. The van der Waals surface area contributed by atoms with Crippen molar-refractivity contribution < 1.29 is 13.9 Å². The second-order valence-corrected chi connectivity index (χ2v) is 5.41. The number of benzene rings is 1. The van der Waals surface area contributed by atoms with E-state index in [1.165, 1.54) is 0 Å². The van der Waals surface area contributed by atoms with Crippen LogP contribution >= 0.6 is 15.9 Å². The van der Waals surface area contributed by atoms with E-state index >= 15 is 0 Å². The molecule has 5 heteroatoms. The second-order valence-electron chi connectivity index (χ2n) is 4.56. The summed E-state index contributed by atoms with van der Waals surface area (Å²) in [6.45, 7) is 1.40. The maximum atomic E-state index is 14.3. The molecule has 0 radical (unpaired) electrons. The van der Waals surface area contributed by atoms with Crippen molar-refractivity contribution in [3.05, 3.63) is 21.9 Å². The molecule has 1 fully saturated rings. The van der Waals surface area contributed by atoms with Gasteiger partial charge in [0, 0.05) is 23.6 Å². The Hall–Kier alpha value is -0.810. The van der Waals surface area contributed by atoms with E-state index in [0.29, 0.717) is 41.3 Å². The fourth-order valence-corrected chi connectivity index (χ4v) is 2.72. The van der Waals surface area contributed by atoms with Gasteiger partial charge in [0.2, 0.25) is 0 Å². The van der Waals surface area contributed by atoms with Crippen molar-refractivity contribution in [2.75, 3.05) is 19.8 Å². The SMILES string of the molecule is NCC1(c2c(F)c(Br)cc3c2OCCO3)CC1. The van der Waals surface area contributed by atoms with Crippen LogP contribution in [-0.2, 0) is 5.41 Å². The van der Waals surface area contributed by atoms with Crippen molar-refractivity contribution in [2.45, 2.75) is 18.3 Å². The molecule has 2 aliphatic rings. The van der Waals surface area contributed by atoms with Gasteiger partial charge in [0.1, 0.15) is 19.0 Å². The van der Waals surface area contributed by atoms with Gasteiger partial charge in [-0.3, -0.25) is 0 Å². The third kappa shape index (κ3) is 1.64. The van der Waals surface area contributed by atoms with Crippen LogP contribution < -0.4 is 15.2 Å². The first-order valence-electron chi connectivity index (χ1n) is 5.66. The van der Waals surface area contributed by atoms with Crippen LogP contribution in [0, 0.1) is 5.82 Å². The van der Waals surface area contributed by atoms with Crippen molar-refractivity contribution in [1.29, 1.82) is 0 Å². The average molecular weight is 302 g/mol. The number of fused-ring (bicyclic) bond motifs is 1. The van der Waals surface area contributed by atoms with Crippen LogP contribution in [0.1, 0.15) is 18.4 Å². The van der Waals surface area contributed by atoms with Gasteiger partial charge in [0.25, 0.3) is 0 Å². The summed E-state index contributed by atoms with van der Waals surface area (Å²) >= 11 is 3.22. The quantitative estimate of drug-likeness (QED) is 0.912. The molecule has 0 unspecified atom stereocenters. The molecule has 0 atom stereocenters. The number of nitrogens with two attached hydrogens (primary N) is 1. The zero-order valence-corrected chi connectivity index (χ0v) is 10.8. The lowest BCUT2D eigenvalue weighted by Gasteiger charge is -2.25. The standard InChI is InChI=1S/C12H13BrFNO2/c13-7-5-8-11(17-4-3-16-8)9(10(7)14)12(6-15)1-2-12/h5H,1-4,6,15H2. The van der Waals surface area contributed by atoms with Crippen molar-refractivity contribution in [3.8, 4) is 11.5 Å². The third-order valence-corrected chi connectivity index (χ3v) is 4.08. The molecule has 1 aromatic rings. The molecule has 1 heterocycles. The summed E-state index contributed by atoms with van der Waals surface area (Å²) in [6.07, 6.45) is 1.82. The molecule has 0 aromatic heterocycles. The Kier molecular flexibility index (Phi) is 2.56. The molecule has 1 aliphatic heterocycles. The van der Waals surface area contributed by atoms with E-state index in [4.69, 9.17) is 15.2 Å². The highest BCUT2D eigenvalue weighted by atomic mass is 79.9. The zero-order valence-electron chi connectivity index (χ0n) is 9.26. The van der Waals surface area contributed by atoms with Gasteiger partial charge in [-0.1, -0.05) is 0 Å². The first-order chi connectivity index (χ1) is 8.18. The van der Waals surface area contributed by atoms with E-state index in [9.17, 15) is 4.39 Å². The Morgan fingerprint density at radius 3 is 2.71 bits per heavy atom. The number of ether oxygens (including phenoxy) is 2. The molecule has 0 spiro atoms. The Morgan fingerprint density at radius 2 is 2.06 bits per heavy atom. The fourth-order valence-electron chi connectivity index (χ4n) is 2.31. The van der Waals surface area contributed by atoms with Crippen LogP contribution in [0.5, 0.6) is 11.5 Å². The molecule has 17 heavy (non-hydrogen) atoms. The molecule has 0 amide bonds. The summed E-state index contributed by atoms with van der Waals surface area (Å²) in [7, 11) is 0. The maximum absolute atomic E-state index is 14.3. The van der Waals surface area contributed by atoms with Crippen molar-refractivity contribution in [3.63, 3.8) is 0 Å². The Bertz CT molecular complexity index is 474. The normalized spacial score (nSPS) is 20.2. The topological polar surface area (TPSA) is 44.5 Å². The van der Waals surface area contributed by atoms with Crippen LogP contribution in [0.15, 0.2) is 10.5 Å². The largest absolute Gasteiger partial charge is 0.486 e. The Morgan fingerprint density at radius 1 is 1.35 bits per heavy atom. The van der Waals surface area contributed by atoms with Gasteiger partial charge in [0.05, 0.1) is 4.47 Å². The van der Waals surface area contributed by atoms with Crippen LogP contribution in [0.4, 0.5) is 4.39 Å². The van der Waals surface area contributed by atoms with E-state index in [2.05, 4.69) is 15.9 Å². The number of halogens is 2. The first-order valence-corrected chi connectivity index (χ1v) is 6.45. The van der Waals surface area contributed by atoms with Crippen molar-refractivity contribution in [1.82, 2.24) is 0 Å². The highest BCUT2D eigenvalue weighted by molar-refractivity contribution is 9.10. The van der Waals surface area contributed by atoms with E-state index in [-0.39, 0.29) is 11.2 Å². The molecule has 3 rings (SSSR count). The molecular weight excluding hydrogens is 289 g/mol. The van der Waals surface area contributed by atoms with Gasteiger partial charge in [-0.05, 0) is 28.8 Å². The van der Waals surface area contributed by atoms with Crippen molar-refractivity contribution >= 4 is 15.9 Å². The van der Waals surface area contributed by atoms with Gasteiger partial charge in [-0.25, -0.2) is 4.39 Å².